The molecule has 1 N–H and O–H groups in total. The van der Waals surface area contributed by atoms with E-state index in [1.807, 2.05) is 0 Å². The maximum atomic E-state index is 13.8. The van der Waals surface area contributed by atoms with E-state index in [0.717, 1.165) is 12.8 Å². The van der Waals surface area contributed by atoms with E-state index in [4.69, 9.17) is 9.84 Å². The molecular formula is C13H16FNO3. The van der Waals surface area contributed by atoms with Crippen LogP contribution < -0.4 is 4.74 Å². The Hall–Kier alpha value is -1.62. The number of rotatable bonds is 4. The van der Waals surface area contributed by atoms with Crippen LogP contribution in [0.15, 0.2) is 18.2 Å². The summed E-state index contributed by atoms with van der Waals surface area (Å²) in [5.74, 6) is -0.611. The second kappa shape index (κ2) is 5.35. The molecule has 1 unspecified atom stereocenters. The van der Waals surface area contributed by atoms with E-state index < -0.39 is 12.5 Å². The van der Waals surface area contributed by atoms with Gasteiger partial charge in [0.2, 0.25) is 0 Å². The normalized spacial score (nSPS) is 17.7. The average molecular weight is 253 g/mol. The van der Waals surface area contributed by atoms with Crippen molar-refractivity contribution in [1.29, 1.82) is 0 Å². The highest BCUT2D eigenvalue weighted by molar-refractivity contribution is 5.88. The van der Waals surface area contributed by atoms with Gasteiger partial charge in [0, 0.05) is 13.1 Å². The van der Waals surface area contributed by atoms with Gasteiger partial charge in [-0.15, -0.1) is 0 Å². The number of hydrogen-bond donors (Lipinski definition) is 1. The Labute approximate surface area is 105 Å². The van der Waals surface area contributed by atoms with E-state index in [1.54, 1.807) is 11.8 Å². The standard InChI is InChI=1S/C13H16FNO3/c1-9-8-10(12(16)17)4-5-11(9)18-13(14)15-6-2-3-7-15/h4-5,8,13H,2-3,6-7H2,1H3,(H,16,17). The molecule has 5 heteroatoms. The van der Waals surface area contributed by atoms with Gasteiger partial charge in [-0.3, -0.25) is 0 Å². The summed E-state index contributed by atoms with van der Waals surface area (Å²) >= 11 is 0. The quantitative estimate of drug-likeness (QED) is 0.837. The third kappa shape index (κ3) is 2.79. The van der Waals surface area contributed by atoms with Gasteiger partial charge in [0.25, 0.3) is 6.48 Å². The maximum absolute atomic E-state index is 13.8. The number of hydrogen-bond acceptors (Lipinski definition) is 3. The van der Waals surface area contributed by atoms with Crippen molar-refractivity contribution in [1.82, 2.24) is 4.90 Å². The van der Waals surface area contributed by atoms with Gasteiger partial charge in [-0.2, -0.15) is 4.39 Å². The lowest BCUT2D eigenvalue weighted by molar-refractivity contribution is -0.0624. The van der Waals surface area contributed by atoms with E-state index >= 15 is 0 Å². The molecule has 98 valence electrons. The van der Waals surface area contributed by atoms with E-state index in [2.05, 4.69) is 0 Å². The fourth-order valence-corrected chi connectivity index (χ4v) is 2.04. The third-order valence-corrected chi connectivity index (χ3v) is 3.07. The van der Waals surface area contributed by atoms with Crippen molar-refractivity contribution in [3.63, 3.8) is 0 Å². The molecule has 1 aliphatic rings. The van der Waals surface area contributed by atoms with Gasteiger partial charge in [0.15, 0.2) is 0 Å². The molecule has 0 aromatic heterocycles. The van der Waals surface area contributed by atoms with Crippen LogP contribution in [0.25, 0.3) is 0 Å². The first-order valence-corrected chi connectivity index (χ1v) is 5.96. The molecule has 2 rings (SSSR count). The fourth-order valence-electron chi connectivity index (χ4n) is 2.04. The molecule has 1 heterocycles. The minimum atomic E-state index is -1.46. The monoisotopic (exact) mass is 253 g/mol. The molecule has 1 saturated heterocycles. The third-order valence-electron chi connectivity index (χ3n) is 3.07. The number of carbonyl (C=O) groups is 1. The van der Waals surface area contributed by atoms with Crippen LogP contribution >= 0.6 is 0 Å². The van der Waals surface area contributed by atoms with Gasteiger partial charge in [-0.1, -0.05) is 0 Å². The van der Waals surface area contributed by atoms with Crippen LogP contribution in [0, 0.1) is 6.92 Å². The van der Waals surface area contributed by atoms with Crippen molar-refractivity contribution in [3.8, 4) is 5.75 Å². The molecule has 1 aliphatic heterocycles. The fraction of sp³-hybridized carbons (Fsp3) is 0.462. The van der Waals surface area contributed by atoms with Gasteiger partial charge in [-0.05, 0) is 43.5 Å². The maximum Gasteiger partial charge on any atom is 0.335 e. The Kier molecular flexibility index (Phi) is 3.81. The van der Waals surface area contributed by atoms with Crippen molar-refractivity contribution in [2.24, 2.45) is 0 Å². The number of carboxylic acid groups (broad SMARTS) is 1. The molecule has 1 aromatic carbocycles. The first-order chi connectivity index (χ1) is 8.58. The van der Waals surface area contributed by atoms with Crippen molar-refractivity contribution in [2.75, 3.05) is 13.1 Å². The van der Waals surface area contributed by atoms with Crippen molar-refractivity contribution in [2.45, 2.75) is 26.2 Å². The number of benzene rings is 1. The van der Waals surface area contributed by atoms with Gasteiger partial charge in [0.1, 0.15) is 5.75 Å². The summed E-state index contributed by atoms with van der Waals surface area (Å²) in [4.78, 5) is 12.4. The molecule has 1 fully saturated rings. The summed E-state index contributed by atoms with van der Waals surface area (Å²) in [5.41, 5.74) is 0.799. The zero-order valence-electron chi connectivity index (χ0n) is 10.2. The van der Waals surface area contributed by atoms with Gasteiger partial charge < -0.3 is 9.84 Å². The minimum absolute atomic E-state index is 0.177. The minimum Gasteiger partial charge on any atom is -0.478 e. The lowest BCUT2D eigenvalue weighted by atomic mass is 10.1. The number of aryl methyl sites for hydroxylation is 1. The number of nitrogens with zero attached hydrogens (tertiary/aromatic N) is 1. The summed E-state index contributed by atoms with van der Waals surface area (Å²) in [6, 6.07) is 4.40. The highest BCUT2D eigenvalue weighted by Gasteiger charge is 2.23. The molecule has 0 radical (unpaired) electrons. The van der Waals surface area contributed by atoms with E-state index in [1.165, 1.54) is 18.2 Å². The lowest BCUT2D eigenvalue weighted by Gasteiger charge is -2.21. The molecule has 1 atom stereocenters. The zero-order valence-corrected chi connectivity index (χ0v) is 10.2. The van der Waals surface area contributed by atoms with E-state index in [-0.39, 0.29) is 5.56 Å². The second-order valence-electron chi connectivity index (χ2n) is 4.44. The number of likely N-dealkylation sites (tertiary alicyclic amines) is 1. The van der Waals surface area contributed by atoms with Crippen LogP contribution in [-0.2, 0) is 0 Å². The molecule has 18 heavy (non-hydrogen) atoms. The van der Waals surface area contributed by atoms with Crippen LogP contribution in [-0.4, -0.2) is 35.5 Å². The predicted octanol–water partition coefficient (Wildman–Crippen LogP) is 2.42. The number of carboxylic acids is 1. The van der Waals surface area contributed by atoms with Crippen LogP contribution in [0.3, 0.4) is 0 Å². The van der Waals surface area contributed by atoms with E-state index in [9.17, 15) is 9.18 Å². The first-order valence-electron chi connectivity index (χ1n) is 5.96. The lowest BCUT2D eigenvalue weighted by Crippen LogP contribution is -2.33. The summed E-state index contributed by atoms with van der Waals surface area (Å²) in [7, 11) is 0. The molecule has 0 aliphatic carbocycles. The number of halogens is 1. The molecule has 1 aromatic rings. The molecule has 0 saturated carbocycles. The highest BCUT2D eigenvalue weighted by Crippen LogP contribution is 2.23. The molecular weight excluding hydrogens is 237 g/mol. The van der Waals surface area contributed by atoms with Crippen LogP contribution in [0.5, 0.6) is 5.75 Å². The Morgan fingerprint density at radius 1 is 1.44 bits per heavy atom. The second-order valence-corrected chi connectivity index (χ2v) is 4.44. The van der Waals surface area contributed by atoms with Crippen LogP contribution in [0.2, 0.25) is 0 Å². The van der Waals surface area contributed by atoms with Gasteiger partial charge in [0.05, 0.1) is 5.56 Å². The number of alkyl halides is 1. The molecule has 0 spiro atoms. The van der Waals surface area contributed by atoms with Gasteiger partial charge >= 0.3 is 5.97 Å². The SMILES string of the molecule is Cc1cc(C(=O)O)ccc1OC(F)N1CCCC1. The van der Waals surface area contributed by atoms with Crippen molar-refractivity contribution < 1.29 is 19.0 Å². The Morgan fingerprint density at radius 2 is 2.11 bits per heavy atom. The van der Waals surface area contributed by atoms with Crippen LogP contribution in [0.4, 0.5) is 4.39 Å². The summed E-state index contributed by atoms with van der Waals surface area (Å²) < 4.78 is 19.1. The zero-order chi connectivity index (χ0) is 13.1. The molecule has 0 amide bonds. The van der Waals surface area contributed by atoms with Crippen molar-refractivity contribution >= 4 is 5.97 Å². The largest absolute Gasteiger partial charge is 0.478 e. The Morgan fingerprint density at radius 3 is 2.67 bits per heavy atom. The Balaban J connectivity index is 2.06. The van der Waals surface area contributed by atoms with Crippen molar-refractivity contribution in [3.05, 3.63) is 29.3 Å². The Bertz CT molecular complexity index is 444. The highest BCUT2D eigenvalue weighted by atomic mass is 19.1. The van der Waals surface area contributed by atoms with Crippen LogP contribution in [0.1, 0.15) is 28.8 Å². The predicted molar refractivity (Wildman–Crippen MR) is 64.5 cm³/mol. The van der Waals surface area contributed by atoms with Gasteiger partial charge in [-0.25, -0.2) is 9.69 Å². The average Bonchev–Trinajstić information content (AvgIpc) is 2.85. The molecule has 4 nitrogen and oxygen atoms in total. The number of ether oxygens (including phenoxy) is 1. The number of aromatic carboxylic acids is 1. The summed E-state index contributed by atoms with van der Waals surface area (Å²) in [6.07, 6.45) is 1.97. The summed E-state index contributed by atoms with van der Waals surface area (Å²) in [5, 5.41) is 8.83. The van der Waals surface area contributed by atoms with E-state index in [0.29, 0.717) is 24.4 Å². The summed E-state index contributed by atoms with van der Waals surface area (Å²) in [6.45, 7) is 1.65. The topological polar surface area (TPSA) is 49.8 Å². The first kappa shape index (κ1) is 12.8. The molecule has 0 bridgehead atoms. The smallest absolute Gasteiger partial charge is 0.335 e.